The Bertz CT molecular complexity index is 220. The van der Waals surface area contributed by atoms with E-state index in [0.717, 1.165) is 26.1 Å². The molecular formula is C9H16N2O2. The SMILES string of the molecule is CC1OCCC1CN1CC(N)C1=O. The van der Waals surface area contributed by atoms with Gasteiger partial charge in [-0.25, -0.2) is 0 Å². The van der Waals surface area contributed by atoms with Crippen LogP contribution >= 0.6 is 0 Å². The van der Waals surface area contributed by atoms with E-state index in [-0.39, 0.29) is 11.9 Å². The first kappa shape index (κ1) is 8.97. The minimum atomic E-state index is -0.238. The van der Waals surface area contributed by atoms with Gasteiger partial charge in [-0.15, -0.1) is 0 Å². The Kier molecular flexibility index (Phi) is 2.26. The number of nitrogens with zero attached hydrogens (tertiary/aromatic N) is 1. The van der Waals surface area contributed by atoms with E-state index in [1.165, 1.54) is 0 Å². The van der Waals surface area contributed by atoms with E-state index in [1.54, 1.807) is 0 Å². The van der Waals surface area contributed by atoms with Crippen molar-refractivity contribution in [3.05, 3.63) is 0 Å². The van der Waals surface area contributed by atoms with Crippen LogP contribution in [-0.4, -0.2) is 42.6 Å². The Balaban J connectivity index is 1.82. The molecule has 2 N–H and O–H groups in total. The third kappa shape index (κ3) is 1.56. The van der Waals surface area contributed by atoms with Crippen LogP contribution in [-0.2, 0) is 9.53 Å². The van der Waals surface area contributed by atoms with E-state index in [4.69, 9.17) is 10.5 Å². The molecule has 0 aromatic rings. The number of amides is 1. The van der Waals surface area contributed by atoms with Gasteiger partial charge < -0.3 is 15.4 Å². The summed E-state index contributed by atoms with van der Waals surface area (Å²) in [6.45, 7) is 4.46. The summed E-state index contributed by atoms with van der Waals surface area (Å²) in [7, 11) is 0. The van der Waals surface area contributed by atoms with E-state index < -0.39 is 0 Å². The zero-order valence-corrected chi connectivity index (χ0v) is 7.90. The number of hydrogen-bond donors (Lipinski definition) is 1. The zero-order chi connectivity index (χ0) is 9.42. The van der Waals surface area contributed by atoms with Crippen LogP contribution < -0.4 is 5.73 Å². The summed E-state index contributed by atoms with van der Waals surface area (Å²) in [5.41, 5.74) is 5.50. The fourth-order valence-corrected chi connectivity index (χ4v) is 1.99. The van der Waals surface area contributed by atoms with Gasteiger partial charge in [0.2, 0.25) is 5.91 Å². The lowest BCUT2D eigenvalue weighted by molar-refractivity contribution is -0.143. The molecule has 74 valence electrons. The molecule has 0 aromatic carbocycles. The molecule has 2 heterocycles. The molecule has 3 unspecified atom stereocenters. The molecule has 2 aliphatic heterocycles. The quantitative estimate of drug-likeness (QED) is 0.593. The second kappa shape index (κ2) is 3.27. The second-order valence-electron chi connectivity index (χ2n) is 3.97. The molecule has 2 fully saturated rings. The van der Waals surface area contributed by atoms with Crippen LogP contribution in [0.1, 0.15) is 13.3 Å². The van der Waals surface area contributed by atoms with Crippen molar-refractivity contribution in [2.75, 3.05) is 19.7 Å². The van der Waals surface area contributed by atoms with Crippen molar-refractivity contribution < 1.29 is 9.53 Å². The summed E-state index contributed by atoms with van der Waals surface area (Å²) in [6.07, 6.45) is 1.37. The van der Waals surface area contributed by atoms with Crippen LogP contribution in [0.25, 0.3) is 0 Å². The first-order valence-corrected chi connectivity index (χ1v) is 4.84. The molecule has 4 heteroatoms. The average Bonchev–Trinajstić information content (AvgIpc) is 2.51. The number of likely N-dealkylation sites (tertiary alicyclic amines) is 1. The Labute approximate surface area is 78.0 Å². The van der Waals surface area contributed by atoms with Crippen LogP contribution in [0.4, 0.5) is 0 Å². The fourth-order valence-electron chi connectivity index (χ4n) is 1.99. The summed E-state index contributed by atoms with van der Waals surface area (Å²) in [6, 6.07) is -0.238. The Hall–Kier alpha value is -0.610. The topological polar surface area (TPSA) is 55.6 Å². The highest BCUT2D eigenvalue weighted by Gasteiger charge is 2.36. The Morgan fingerprint density at radius 3 is 2.92 bits per heavy atom. The number of β-lactam (4-membered cyclic amide) rings is 1. The highest BCUT2D eigenvalue weighted by Crippen LogP contribution is 2.23. The number of ether oxygens (including phenoxy) is 1. The molecule has 2 aliphatic rings. The molecule has 0 radical (unpaired) electrons. The molecule has 0 saturated carbocycles. The molecule has 3 atom stereocenters. The van der Waals surface area contributed by atoms with Gasteiger partial charge >= 0.3 is 0 Å². The predicted octanol–water partition coefficient (Wildman–Crippen LogP) is -0.419. The molecule has 0 bridgehead atoms. The van der Waals surface area contributed by atoms with Crippen molar-refractivity contribution in [2.45, 2.75) is 25.5 Å². The number of hydrogen-bond acceptors (Lipinski definition) is 3. The van der Waals surface area contributed by atoms with Gasteiger partial charge in [0.25, 0.3) is 0 Å². The normalized spacial score (nSPS) is 39.4. The highest BCUT2D eigenvalue weighted by molar-refractivity contribution is 5.87. The van der Waals surface area contributed by atoms with Crippen molar-refractivity contribution in [1.29, 1.82) is 0 Å². The number of rotatable bonds is 2. The summed E-state index contributed by atoms with van der Waals surface area (Å²) >= 11 is 0. The molecule has 1 amide bonds. The Morgan fingerprint density at radius 2 is 2.46 bits per heavy atom. The van der Waals surface area contributed by atoms with Gasteiger partial charge in [-0.3, -0.25) is 4.79 Å². The number of nitrogens with two attached hydrogens (primary N) is 1. The van der Waals surface area contributed by atoms with Gasteiger partial charge in [0, 0.05) is 25.6 Å². The standard InChI is InChI=1S/C9H16N2O2/c1-6-7(2-3-13-6)4-11-5-8(10)9(11)12/h6-8H,2-5,10H2,1H3. The van der Waals surface area contributed by atoms with Gasteiger partial charge in [-0.2, -0.15) is 0 Å². The van der Waals surface area contributed by atoms with E-state index in [1.807, 2.05) is 4.90 Å². The molecular weight excluding hydrogens is 168 g/mol. The average molecular weight is 184 g/mol. The largest absolute Gasteiger partial charge is 0.378 e. The maximum absolute atomic E-state index is 11.2. The van der Waals surface area contributed by atoms with E-state index in [2.05, 4.69) is 6.92 Å². The number of carbonyl (C=O) groups excluding carboxylic acids is 1. The lowest BCUT2D eigenvalue weighted by Gasteiger charge is -2.38. The van der Waals surface area contributed by atoms with Crippen molar-refractivity contribution in [3.63, 3.8) is 0 Å². The number of carbonyl (C=O) groups is 1. The van der Waals surface area contributed by atoms with E-state index >= 15 is 0 Å². The lowest BCUT2D eigenvalue weighted by Crippen LogP contribution is -2.62. The maximum Gasteiger partial charge on any atom is 0.241 e. The molecule has 13 heavy (non-hydrogen) atoms. The van der Waals surface area contributed by atoms with Gasteiger partial charge in [0.05, 0.1) is 6.10 Å². The second-order valence-corrected chi connectivity index (χ2v) is 3.97. The lowest BCUT2D eigenvalue weighted by atomic mass is 9.99. The Morgan fingerprint density at radius 1 is 1.69 bits per heavy atom. The summed E-state index contributed by atoms with van der Waals surface area (Å²) < 4.78 is 5.43. The zero-order valence-electron chi connectivity index (χ0n) is 7.90. The minimum Gasteiger partial charge on any atom is -0.378 e. The maximum atomic E-state index is 11.2. The first-order chi connectivity index (χ1) is 6.18. The van der Waals surface area contributed by atoms with Gasteiger partial charge in [-0.05, 0) is 13.3 Å². The third-order valence-corrected chi connectivity index (χ3v) is 3.03. The predicted molar refractivity (Wildman–Crippen MR) is 48.1 cm³/mol. The molecule has 4 nitrogen and oxygen atoms in total. The molecule has 2 saturated heterocycles. The van der Waals surface area contributed by atoms with E-state index in [9.17, 15) is 4.79 Å². The van der Waals surface area contributed by atoms with Gasteiger partial charge in [0.1, 0.15) is 6.04 Å². The van der Waals surface area contributed by atoms with E-state index in [0.29, 0.717) is 12.0 Å². The monoisotopic (exact) mass is 184 g/mol. The van der Waals surface area contributed by atoms with Gasteiger partial charge in [-0.1, -0.05) is 0 Å². The van der Waals surface area contributed by atoms with Crippen molar-refractivity contribution in [1.82, 2.24) is 4.90 Å². The van der Waals surface area contributed by atoms with Crippen molar-refractivity contribution in [2.24, 2.45) is 11.7 Å². The molecule has 0 aromatic heterocycles. The fraction of sp³-hybridized carbons (Fsp3) is 0.889. The van der Waals surface area contributed by atoms with Gasteiger partial charge in [0.15, 0.2) is 0 Å². The third-order valence-electron chi connectivity index (χ3n) is 3.03. The van der Waals surface area contributed by atoms with Crippen molar-refractivity contribution in [3.8, 4) is 0 Å². The summed E-state index contributed by atoms with van der Waals surface area (Å²) in [4.78, 5) is 13.0. The van der Waals surface area contributed by atoms with Crippen LogP contribution in [0, 0.1) is 5.92 Å². The molecule has 0 aliphatic carbocycles. The van der Waals surface area contributed by atoms with Crippen LogP contribution in [0.2, 0.25) is 0 Å². The van der Waals surface area contributed by atoms with Crippen LogP contribution in [0.3, 0.4) is 0 Å². The minimum absolute atomic E-state index is 0.0964. The molecule has 2 rings (SSSR count). The highest BCUT2D eigenvalue weighted by atomic mass is 16.5. The molecule has 0 spiro atoms. The van der Waals surface area contributed by atoms with Crippen LogP contribution in [0.5, 0.6) is 0 Å². The first-order valence-electron chi connectivity index (χ1n) is 4.84. The smallest absolute Gasteiger partial charge is 0.241 e. The van der Waals surface area contributed by atoms with Crippen LogP contribution in [0.15, 0.2) is 0 Å². The van der Waals surface area contributed by atoms with Crippen molar-refractivity contribution >= 4 is 5.91 Å². The summed E-state index contributed by atoms with van der Waals surface area (Å²) in [5, 5.41) is 0. The summed E-state index contributed by atoms with van der Waals surface area (Å²) in [5.74, 6) is 0.607.